The number of nitro benzene ring substituents is 1. The lowest BCUT2D eigenvalue weighted by atomic mass is 10.1. The maximum atomic E-state index is 12.5. The molecule has 1 aliphatic rings. The number of benzene rings is 2. The molecule has 0 spiro atoms. The van der Waals surface area contributed by atoms with Crippen molar-refractivity contribution in [2.24, 2.45) is 0 Å². The molecule has 1 aromatic heterocycles. The van der Waals surface area contributed by atoms with Crippen LogP contribution in [-0.2, 0) is 24.8 Å². The predicted octanol–water partition coefficient (Wildman–Crippen LogP) is 4.86. The fraction of sp³-hybridized carbons (Fsp3) is 0.0909. The van der Waals surface area contributed by atoms with E-state index in [1.807, 2.05) is 0 Å². The van der Waals surface area contributed by atoms with Crippen molar-refractivity contribution in [2.45, 2.75) is 12.7 Å². The van der Waals surface area contributed by atoms with Crippen LogP contribution in [0.3, 0.4) is 0 Å². The highest BCUT2D eigenvalue weighted by Gasteiger charge is 2.44. The number of esters is 2. The van der Waals surface area contributed by atoms with Crippen molar-refractivity contribution in [3.05, 3.63) is 92.7 Å². The monoisotopic (exact) mass is 439 g/mol. The molecule has 1 aliphatic heterocycles. The van der Waals surface area contributed by atoms with Crippen molar-refractivity contribution >= 4 is 35.3 Å². The summed E-state index contributed by atoms with van der Waals surface area (Å²) in [5, 5.41) is 11.3. The van der Waals surface area contributed by atoms with Crippen LogP contribution in [0, 0.1) is 10.1 Å². The molecule has 0 bridgehead atoms. The van der Waals surface area contributed by atoms with Gasteiger partial charge in [-0.2, -0.15) is 0 Å². The molecule has 1 fully saturated rings. The lowest BCUT2D eigenvalue weighted by molar-refractivity contribution is -0.384. The van der Waals surface area contributed by atoms with Crippen molar-refractivity contribution in [2.75, 3.05) is 0 Å². The lowest BCUT2D eigenvalue weighted by Crippen LogP contribution is -2.42. The van der Waals surface area contributed by atoms with Gasteiger partial charge >= 0.3 is 11.9 Å². The summed E-state index contributed by atoms with van der Waals surface area (Å²) in [5.74, 6) is -2.91. The van der Waals surface area contributed by atoms with Crippen LogP contribution in [0.4, 0.5) is 5.69 Å². The first-order valence-corrected chi connectivity index (χ1v) is 9.43. The maximum Gasteiger partial charge on any atom is 0.349 e. The highest BCUT2D eigenvalue weighted by Crippen LogP contribution is 2.35. The minimum atomic E-state index is -1.54. The van der Waals surface area contributed by atoms with Gasteiger partial charge in [0.25, 0.3) is 11.5 Å². The van der Waals surface area contributed by atoms with Crippen molar-refractivity contribution < 1.29 is 28.4 Å². The van der Waals surface area contributed by atoms with Crippen LogP contribution in [-0.4, -0.2) is 16.9 Å². The average molecular weight is 440 g/mol. The fourth-order valence-corrected chi connectivity index (χ4v) is 3.29. The zero-order valence-electron chi connectivity index (χ0n) is 16.0. The summed E-state index contributed by atoms with van der Waals surface area (Å²) in [5.41, 5.74) is 0.303. The molecule has 0 radical (unpaired) electrons. The zero-order chi connectivity index (χ0) is 22.2. The second kappa shape index (κ2) is 7.73. The first-order valence-electron chi connectivity index (χ1n) is 9.05. The van der Waals surface area contributed by atoms with Gasteiger partial charge in [0.2, 0.25) is 0 Å². The molecule has 3 aromatic rings. The van der Waals surface area contributed by atoms with E-state index in [9.17, 15) is 19.7 Å². The van der Waals surface area contributed by atoms with E-state index in [4.69, 9.17) is 25.5 Å². The number of halogens is 1. The standard InChI is InChI=1S/C22H14ClNO7/c1-22(13-5-3-2-4-6-13)30-20(25)17(21(26)31-22)12-15-8-10-19(29-15)16-11-14(24(27)28)7-9-18(16)23/h2-12H,1H3. The molecule has 31 heavy (non-hydrogen) atoms. The van der Waals surface area contributed by atoms with Gasteiger partial charge in [-0.3, -0.25) is 10.1 Å². The number of carbonyl (C=O) groups is 2. The smallest absolute Gasteiger partial charge is 0.349 e. The van der Waals surface area contributed by atoms with Gasteiger partial charge in [0.15, 0.2) is 0 Å². The third-order valence-corrected chi connectivity index (χ3v) is 4.98. The lowest BCUT2D eigenvalue weighted by Gasteiger charge is -2.33. The van der Waals surface area contributed by atoms with Crippen LogP contribution in [0.5, 0.6) is 0 Å². The minimum absolute atomic E-state index is 0.143. The molecule has 2 heterocycles. The van der Waals surface area contributed by atoms with Crippen molar-refractivity contribution in [3.63, 3.8) is 0 Å². The number of nitrogens with zero attached hydrogens (tertiary/aromatic N) is 1. The Morgan fingerprint density at radius 1 is 1.00 bits per heavy atom. The summed E-state index contributed by atoms with van der Waals surface area (Å²) in [7, 11) is 0. The number of hydrogen-bond acceptors (Lipinski definition) is 7. The Bertz CT molecular complexity index is 1210. The Morgan fingerprint density at radius 3 is 2.32 bits per heavy atom. The van der Waals surface area contributed by atoms with E-state index in [0.29, 0.717) is 11.1 Å². The molecular formula is C22H14ClNO7. The molecule has 1 saturated heterocycles. The van der Waals surface area contributed by atoms with E-state index < -0.39 is 22.6 Å². The summed E-state index contributed by atoms with van der Waals surface area (Å²) in [6.45, 7) is 1.48. The SMILES string of the molecule is CC1(c2ccccc2)OC(=O)C(=Cc2ccc(-c3cc([N+](=O)[O-])ccc3Cl)o2)C(=O)O1. The normalized spacial score (nSPS) is 18.3. The van der Waals surface area contributed by atoms with E-state index in [-0.39, 0.29) is 27.8 Å². The highest BCUT2D eigenvalue weighted by molar-refractivity contribution is 6.33. The Balaban J connectivity index is 1.62. The van der Waals surface area contributed by atoms with Gasteiger partial charge < -0.3 is 13.9 Å². The average Bonchev–Trinajstić information content (AvgIpc) is 3.20. The molecule has 4 rings (SSSR count). The molecule has 9 heteroatoms. The van der Waals surface area contributed by atoms with Gasteiger partial charge in [0.1, 0.15) is 17.1 Å². The first kappa shape index (κ1) is 20.4. The molecule has 0 atom stereocenters. The van der Waals surface area contributed by atoms with E-state index >= 15 is 0 Å². The van der Waals surface area contributed by atoms with Crippen molar-refractivity contribution in [3.8, 4) is 11.3 Å². The Kier molecular flexibility index (Phi) is 5.08. The molecule has 0 amide bonds. The van der Waals surface area contributed by atoms with Crippen LogP contribution in [0.2, 0.25) is 5.02 Å². The van der Waals surface area contributed by atoms with Crippen LogP contribution in [0.15, 0.2) is 70.7 Å². The van der Waals surface area contributed by atoms with Gasteiger partial charge in [-0.25, -0.2) is 9.59 Å². The summed E-state index contributed by atoms with van der Waals surface area (Å²) in [6.07, 6.45) is 1.18. The Hall–Kier alpha value is -3.91. The zero-order valence-corrected chi connectivity index (χ0v) is 16.8. The van der Waals surface area contributed by atoms with Gasteiger partial charge in [0.05, 0.1) is 9.95 Å². The number of furan rings is 1. The Labute approximate surface area is 180 Å². The summed E-state index contributed by atoms with van der Waals surface area (Å²) in [6, 6.07) is 15.5. The largest absolute Gasteiger partial charge is 0.457 e. The predicted molar refractivity (Wildman–Crippen MR) is 110 cm³/mol. The molecule has 0 saturated carbocycles. The fourth-order valence-electron chi connectivity index (χ4n) is 3.08. The number of carbonyl (C=O) groups excluding carboxylic acids is 2. The maximum absolute atomic E-state index is 12.5. The van der Waals surface area contributed by atoms with Crippen molar-refractivity contribution in [1.29, 1.82) is 0 Å². The number of non-ortho nitro benzene ring substituents is 1. The number of nitro groups is 1. The topological polar surface area (TPSA) is 109 Å². The quantitative estimate of drug-likeness (QED) is 0.187. The molecule has 0 N–H and O–H groups in total. The van der Waals surface area contributed by atoms with E-state index in [1.165, 1.54) is 43.3 Å². The molecule has 8 nitrogen and oxygen atoms in total. The summed E-state index contributed by atoms with van der Waals surface area (Å²) >= 11 is 6.13. The second-order valence-corrected chi connectivity index (χ2v) is 7.18. The first-order chi connectivity index (χ1) is 14.8. The van der Waals surface area contributed by atoms with Crippen LogP contribution in [0.25, 0.3) is 17.4 Å². The van der Waals surface area contributed by atoms with E-state index in [1.54, 1.807) is 30.3 Å². The number of cyclic esters (lactones) is 2. The molecule has 2 aromatic carbocycles. The third kappa shape index (κ3) is 3.93. The molecular weight excluding hydrogens is 426 g/mol. The van der Waals surface area contributed by atoms with Crippen LogP contribution in [0.1, 0.15) is 18.2 Å². The number of ether oxygens (including phenoxy) is 2. The van der Waals surface area contributed by atoms with Gasteiger partial charge in [-0.15, -0.1) is 0 Å². The summed E-state index contributed by atoms with van der Waals surface area (Å²) in [4.78, 5) is 35.5. The molecule has 156 valence electrons. The van der Waals surface area contributed by atoms with E-state index in [0.717, 1.165) is 0 Å². The minimum Gasteiger partial charge on any atom is -0.457 e. The number of rotatable bonds is 4. The highest BCUT2D eigenvalue weighted by atomic mass is 35.5. The molecule has 0 unspecified atom stereocenters. The van der Waals surface area contributed by atoms with Gasteiger partial charge in [-0.05, 0) is 18.2 Å². The van der Waals surface area contributed by atoms with Crippen LogP contribution < -0.4 is 0 Å². The third-order valence-electron chi connectivity index (χ3n) is 4.65. The van der Waals surface area contributed by atoms with Crippen molar-refractivity contribution in [1.82, 2.24) is 0 Å². The van der Waals surface area contributed by atoms with Crippen LogP contribution >= 0.6 is 11.6 Å². The number of hydrogen-bond donors (Lipinski definition) is 0. The second-order valence-electron chi connectivity index (χ2n) is 6.77. The van der Waals surface area contributed by atoms with Gasteiger partial charge in [-0.1, -0.05) is 41.9 Å². The van der Waals surface area contributed by atoms with E-state index in [2.05, 4.69) is 0 Å². The summed E-state index contributed by atoms with van der Waals surface area (Å²) < 4.78 is 16.4. The van der Waals surface area contributed by atoms with Gasteiger partial charge in [0, 0.05) is 36.3 Å². The Morgan fingerprint density at radius 2 is 1.68 bits per heavy atom. The molecule has 0 aliphatic carbocycles.